The second-order valence-corrected chi connectivity index (χ2v) is 6.02. The fourth-order valence-corrected chi connectivity index (χ4v) is 2.64. The van der Waals surface area contributed by atoms with Crippen molar-refractivity contribution in [3.8, 4) is 17.3 Å². The first-order valence-corrected chi connectivity index (χ1v) is 8.60. The predicted octanol–water partition coefficient (Wildman–Crippen LogP) is 3.14. The van der Waals surface area contributed by atoms with Crippen LogP contribution in [0.5, 0.6) is 11.5 Å². The maximum absolute atomic E-state index is 10.0. The van der Waals surface area contributed by atoms with Crippen molar-refractivity contribution in [1.82, 2.24) is 19.7 Å². The highest BCUT2D eigenvalue weighted by atomic mass is 16.5. The van der Waals surface area contributed by atoms with Crippen molar-refractivity contribution in [2.75, 3.05) is 12.0 Å². The number of aromatic nitrogens is 4. The van der Waals surface area contributed by atoms with E-state index in [1.54, 1.807) is 28.9 Å². The van der Waals surface area contributed by atoms with E-state index in [-0.39, 0.29) is 5.75 Å². The van der Waals surface area contributed by atoms with Gasteiger partial charge in [-0.15, -0.1) is 0 Å². The second-order valence-electron chi connectivity index (χ2n) is 6.02. The van der Waals surface area contributed by atoms with E-state index in [2.05, 4.69) is 25.6 Å². The van der Waals surface area contributed by atoms with Gasteiger partial charge in [-0.3, -0.25) is 5.43 Å². The minimum absolute atomic E-state index is 0.0914. The lowest BCUT2D eigenvalue weighted by atomic mass is 10.2. The first-order chi connectivity index (χ1) is 13.0. The van der Waals surface area contributed by atoms with Crippen molar-refractivity contribution < 1.29 is 9.84 Å². The van der Waals surface area contributed by atoms with Gasteiger partial charge in [0, 0.05) is 23.4 Å². The summed E-state index contributed by atoms with van der Waals surface area (Å²) in [6.45, 7) is 8.14. The molecule has 0 fully saturated rings. The molecule has 1 aromatic carbocycles. The van der Waals surface area contributed by atoms with Crippen LogP contribution in [0.4, 0.5) is 5.82 Å². The molecule has 0 atom stereocenters. The number of hydrogen-bond donors (Lipinski definition) is 2. The van der Waals surface area contributed by atoms with Gasteiger partial charge in [0.2, 0.25) is 0 Å². The Morgan fingerprint density at radius 1 is 1.19 bits per heavy atom. The number of benzene rings is 1. The monoisotopic (exact) mass is 366 g/mol. The molecule has 0 aliphatic rings. The largest absolute Gasteiger partial charge is 0.507 e. The number of phenolic OH excluding ortho intramolecular Hbond substituents is 1. The van der Waals surface area contributed by atoms with Crippen LogP contribution < -0.4 is 10.2 Å². The average Bonchev–Trinajstić information content (AvgIpc) is 2.95. The van der Waals surface area contributed by atoms with Gasteiger partial charge in [0.1, 0.15) is 17.3 Å². The molecule has 2 N–H and O–H groups in total. The molecule has 0 saturated carbocycles. The SMILES string of the molecule is CCOc1ccc(/C=N\Nc2cc(-n3nc(C)cc3C)nc(C)n2)c(O)c1. The number of nitrogens with one attached hydrogen (secondary N) is 1. The fraction of sp³-hybridized carbons (Fsp3) is 0.263. The van der Waals surface area contributed by atoms with E-state index >= 15 is 0 Å². The molecule has 27 heavy (non-hydrogen) atoms. The van der Waals surface area contributed by atoms with Crippen molar-refractivity contribution in [3.05, 3.63) is 53.1 Å². The number of rotatable bonds is 6. The Hall–Kier alpha value is -3.42. The molecule has 140 valence electrons. The minimum atomic E-state index is 0.0914. The van der Waals surface area contributed by atoms with E-state index in [0.717, 1.165) is 11.4 Å². The number of aromatic hydroxyl groups is 1. The van der Waals surface area contributed by atoms with Gasteiger partial charge in [-0.25, -0.2) is 14.6 Å². The van der Waals surface area contributed by atoms with Crippen LogP contribution in [0.3, 0.4) is 0 Å². The maximum Gasteiger partial charge on any atom is 0.159 e. The van der Waals surface area contributed by atoms with E-state index in [1.807, 2.05) is 33.8 Å². The van der Waals surface area contributed by atoms with E-state index in [9.17, 15) is 5.11 Å². The molecule has 3 rings (SSSR count). The number of hydrazone groups is 1. The summed E-state index contributed by atoms with van der Waals surface area (Å²) in [6, 6.07) is 8.82. The van der Waals surface area contributed by atoms with Crippen molar-refractivity contribution in [3.63, 3.8) is 0 Å². The molecule has 0 radical (unpaired) electrons. The summed E-state index contributed by atoms with van der Waals surface area (Å²) in [6.07, 6.45) is 1.52. The lowest BCUT2D eigenvalue weighted by molar-refractivity contribution is 0.337. The van der Waals surface area contributed by atoms with Crippen LogP contribution in [0.1, 0.15) is 29.7 Å². The molecule has 2 heterocycles. The summed E-state index contributed by atoms with van der Waals surface area (Å²) in [5.41, 5.74) is 5.34. The van der Waals surface area contributed by atoms with E-state index in [1.165, 1.54) is 6.21 Å². The Bertz CT molecular complexity index is 980. The number of phenols is 1. The summed E-state index contributed by atoms with van der Waals surface area (Å²) >= 11 is 0. The van der Waals surface area contributed by atoms with Crippen LogP contribution in [-0.2, 0) is 0 Å². The lowest BCUT2D eigenvalue weighted by Gasteiger charge is -2.07. The van der Waals surface area contributed by atoms with Gasteiger partial charge in [0.25, 0.3) is 0 Å². The molecular weight excluding hydrogens is 344 g/mol. The molecule has 8 nitrogen and oxygen atoms in total. The summed E-state index contributed by atoms with van der Waals surface area (Å²) < 4.78 is 7.11. The number of hydrogen-bond acceptors (Lipinski definition) is 7. The van der Waals surface area contributed by atoms with Crippen LogP contribution in [0.15, 0.2) is 35.4 Å². The Morgan fingerprint density at radius 3 is 2.67 bits per heavy atom. The van der Waals surface area contributed by atoms with Gasteiger partial charge < -0.3 is 9.84 Å². The summed E-state index contributed by atoms with van der Waals surface area (Å²) in [7, 11) is 0. The van der Waals surface area contributed by atoms with Crippen molar-refractivity contribution in [1.29, 1.82) is 0 Å². The van der Waals surface area contributed by atoms with Crippen LogP contribution in [-0.4, -0.2) is 37.7 Å². The van der Waals surface area contributed by atoms with Gasteiger partial charge in [-0.2, -0.15) is 10.2 Å². The zero-order valence-electron chi connectivity index (χ0n) is 15.8. The highest BCUT2D eigenvalue weighted by molar-refractivity contribution is 5.84. The van der Waals surface area contributed by atoms with Gasteiger partial charge in [0.05, 0.1) is 18.5 Å². The Morgan fingerprint density at radius 2 is 2.00 bits per heavy atom. The fourth-order valence-electron chi connectivity index (χ4n) is 2.64. The van der Waals surface area contributed by atoms with Gasteiger partial charge in [-0.05, 0) is 45.9 Å². The van der Waals surface area contributed by atoms with E-state index < -0.39 is 0 Å². The van der Waals surface area contributed by atoms with Gasteiger partial charge >= 0.3 is 0 Å². The van der Waals surface area contributed by atoms with Gasteiger partial charge in [0.15, 0.2) is 11.6 Å². The van der Waals surface area contributed by atoms with Crippen molar-refractivity contribution in [2.45, 2.75) is 27.7 Å². The topological polar surface area (TPSA) is 97.5 Å². The molecule has 0 bridgehead atoms. The van der Waals surface area contributed by atoms with Crippen LogP contribution in [0.2, 0.25) is 0 Å². The Kier molecular flexibility index (Phi) is 5.35. The summed E-state index contributed by atoms with van der Waals surface area (Å²) in [5.74, 6) is 2.50. The predicted molar refractivity (Wildman–Crippen MR) is 104 cm³/mol. The molecule has 0 unspecified atom stereocenters. The molecule has 3 aromatic rings. The summed E-state index contributed by atoms with van der Waals surface area (Å²) in [5, 5.41) is 18.6. The lowest BCUT2D eigenvalue weighted by Crippen LogP contribution is -2.06. The first kappa shape index (κ1) is 18.4. The maximum atomic E-state index is 10.0. The van der Waals surface area contributed by atoms with Gasteiger partial charge in [-0.1, -0.05) is 0 Å². The number of aryl methyl sites for hydroxylation is 3. The van der Waals surface area contributed by atoms with Crippen LogP contribution in [0, 0.1) is 20.8 Å². The highest BCUT2D eigenvalue weighted by Gasteiger charge is 2.08. The third-order valence-electron chi connectivity index (χ3n) is 3.75. The molecule has 0 spiro atoms. The zero-order chi connectivity index (χ0) is 19.4. The molecule has 0 aliphatic heterocycles. The zero-order valence-corrected chi connectivity index (χ0v) is 15.8. The number of ether oxygens (including phenoxy) is 1. The average molecular weight is 366 g/mol. The Balaban J connectivity index is 1.78. The standard InChI is InChI=1S/C19H22N6O2/c1-5-27-16-7-6-15(17(26)9-16)11-20-23-18-10-19(22-14(4)21-18)25-13(3)8-12(2)24-25/h6-11,26H,5H2,1-4H3,(H,21,22,23)/b20-11-. The normalized spacial score (nSPS) is 11.1. The molecule has 0 saturated heterocycles. The molecule has 8 heteroatoms. The molecule has 2 aromatic heterocycles. The smallest absolute Gasteiger partial charge is 0.159 e. The first-order valence-electron chi connectivity index (χ1n) is 8.60. The number of nitrogens with zero attached hydrogens (tertiary/aromatic N) is 5. The summed E-state index contributed by atoms with van der Waals surface area (Å²) in [4.78, 5) is 8.76. The van der Waals surface area contributed by atoms with E-state index in [0.29, 0.717) is 35.4 Å². The number of anilines is 1. The van der Waals surface area contributed by atoms with Crippen LogP contribution in [0.25, 0.3) is 5.82 Å². The van der Waals surface area contributed by atoms with Crippen molar-refractivity contribution >= 4 is 12.0 Å². The highest BCUT2D eigenvalue weighted by Crippen LogP contribution is 2.22. The Labute approximate surface area is 157 Å². The minimum Gasteiger partial charge on any atom is -0.507 e. The third kappa shape index (κ3) is 4.41. The third-order valence-corrected chi connectivity index (χ3v) is 3.75. The second kappa shape index (κ2) is 7.86. The van der Waals surface area contributed by atoms with E-state index in [4.69, 9.17) is 4.74 Å². The quantitative estimate of drug-likeness (QED) is 0.514. The molecule has 0 amide bonds. The van der Waals surface area contributed by atoms with Crippen molar-refractivity contribution in [2.24, 2.45) is 5.10 Å². The molecular formula is C19H22N6O2. The molecule has 0 aliphatic carbocycles. The van der Waals surface area contributed by atoms with Crippen LogP contribution >= 0.6 is 0 Å².